The van der Waals surface area contributed by atoms with E-state index in [0.29, 0.717) is 25.7 Å². The fourth-order valence-electron chi connectivity index (χ4n) is 2.47. The van der Waals surface area contributed by atoms with E-state index in [1.165, 1.54) is 0 Å². The van der Waals surface area contributed by atoms with Crippen molar-refractivity contribution >= 4 is 5.78 Å². The molecule has 0 saturated heterocycles. The molecule has 0 aromatic rings. The summed E-state index contributed by atoms with van der Waals surface area (Å²) < 4.78 is 27.6. The number of Topliss-reactive ketones (excluding diaryl/α,β-unsaturated/α-hetero) is 1. The normalized spacial score (nSPS) is 22.8. The van der Waals surface area contributed by atoms with Gasteiger partial charge in [-0.2, -0.15) is 0 Å². The van der Waals surface area contributed by atoms with Gasteiger partial charge in [-0.1, -0.05) is 20.3 Å². The predicted molar refractivity (Wildman–Crippen MR) is 67.8 cm³/mol. The Morgan fingerprint density at radius 2 is 2.05 bits per heavy atom. The first kappa shape index (κ1) is 16.5. The monoisotopic (exact) mass is 278 g/mol. The number of aliphatic hydroxyl groups is 2. The molecule has 0 aromatic carbocycles. The van der Waals surface area contributed by atoms with E-state index < -0.39 is 18.1 Å². The highest BCUT2D eigenvalue weighted by Crippen LogP contribution is 2.38. The minimum Gasteiger partial charge on any atom is -0.361 e. The summed E-state index contributed by atoms with van der Waals surface area (Å²) in [6.45, 7) is 3.46. The van der Waals surface area contributed by atoms with Gasteiger partial charge in [-0.3, -0.25) is 4.79 Å². The van der Waals surface area contributed by atoms with Crippen LogP contribution < -0.4 is 0 Å². The van der Waals surface area contributed by atoms with Gasteiger partial charge < -0.3 is 10.2 Å². The van der Waals surface area contributed by atoms with E-state index in [0.717, 1.165) is 0 Å². The highest BCUT2D eigenvalue weighted by atomic mass is 19.3. The summed E-state index contributed by atoms with van der Waals surface area (Å²) in [6, 6.07) is 0. The quantitative estimate of drug-likeness (QED) is 0.704. The molecule has 0 bridgehead atoms. The van der Waals surface area contributed by atoms with Crippen molar-refractivity contribution in [3.63, 3.8) is 0 Å². The number of carbonyl (C=O) groups excluding carboxylic acids is 1. The van der Waals surface area contributed by atoms with Gasteiger partial charge in [0, 0.05) is 25.7 Å². The van der Waals surface area contributed by atoms with Crippen molar-refractivity contribution in [3.8, 4) is 0 Å². The van der Waals surface area contributed by atoms with Crippen LogP contribution in [0.4, 0.5) is 8.78 Å². The van der Waals surface area contributed by atoms with Gasteiger partial charge in [0.15, 0.2) is 0 Å². The zero-order valence-corrected chi connectivity index (χ0v) is 11.7. The molecule has 1 fully saturated rings. The molecule has 112 valence electrons. The van der Waals surface area contributed by atoms with Gasteiger partial charge in [-0.15, -0.1) is 0 Å². The Morgan fingerprint density at radius 3 is 2.53 bits per heavy atom. The van der Waals surface area contributed by atoms with Crippen LogP contribution in [0.1, 0.15) is 58.8 Å². The van der Waals surface area contributed by atoms with Crippen LogP contribution in [0.25, 0.3) is 0 Å². The molecule has 19 heavy (non-hydrogen) atoms. The van der Waals surface area contributed by atoms with Crippen LogP contribution in [-0.2, 0) is 4.79 Å². The molecule has 1 rings (SSSR count). The van der Waals surface area contributed by atoms with Crippen molar-refractivity contribution in [1.29, 1.82) is 0 Å². The number of carbonyl (C=O) groups is 1. The highest BCUT2D eigenvalue weighted by molar-refractivity contribution is 5.80. The maximum Gasteiger partial charge on any atom is 0.300 e. The first-order valence-electron chi connectivity index (χ1n) is 7.02. The van der Waals surface area contributed by atoms with Crippen molar-refractivity contribution < 1.29 is 23.8 Å². The van der Waals surface area contributed by atoms with E-state index in [1.54, 1.807) is 13.8 Å². The highest BCUT2D eigenvalue weighted by Gasteiger charge is 2.51. The van der Waals surface area contributed by atoms with Gasteiger partial charge in [0.2, 0.25) is 5.79 Å². The molecule has 2 atom stereocenters. The van der Waals surface area contributed by atoms with Crippen LogP contribution in [-0.4, -0.2) is 27.7 Å². The maximum absolute atomic E-state index is 13.8. The molecule has 0 amide bonds. The predicted octanol–water partition coefficient (Wildman–Crippen LogP) is 2.89. The standard InChI is InChI=1S/C14H24F2O3/c1-3-10(2)9-13(15,16)14(18,19)7-6-11-4-5-12(17)8-11/h10-11,18-19H,3-9H2,1-2H3/t10-,11+/m0/s1. The van der Waals surface area contributed by atoms with Gasteiger partial charge in [-0.25, -0.2) is 8.78 Å². The van der Waals surface area contributed by atoms with Crippen molar-refractivity contribution in [2.75, 3.05) is 0 Å². The van der Waals surface area contributed by atoms with Crippen LogP contribution >= 0.6 is 0 Å². The summed E-state index contributed by atoms with van der Waals surface area (Å²) in [5.74, 6) is -6.59. The fraction of sp³-hybridized carbons (Fsp3) is 0.929. The first-order valence-corrected chi connectivity index (χ1v) is 7.02. The van der Waals surface area contributed by atoms with Crippen molar-refractivity contribution in [2.45, 2.75) is 70.5 Å². The Bertz CT molecular complexity index is 316. The number of hydrogen-bond acceptors (Lipinski definition) is 3. The average molecular weight is 278 g/mol. The summed E-state index contributed by atoms with van der Waals surface area (Å²) in [5.41, 5.74) is 0. The molecular weight excluding hydrogens is 254 g/mol. The molecule has 3 nitrogen and oxygen atoms in total. The zero-order chi connectivity index (χ0) is 14.7. The second-order valence-corrected chi connectivity index (χ2v) is 5.92. The molecule has 1 saturated carbocycles. The summed E-state index contributed by atoms with van der Waals surface area (Å²) in [7, 11) is 0. The summed E-state index contributed by atoms with van der Waals surface area (Å²) in [4.78, 5) is 11.1. The van der Waals surface area contributed by atoms with Gasteiger partial charge in [-0.05, 0) is 24.7 Å². The zero-order valence-electron chi connectivity index (χ0n) is 11.7. The lowest BCUT2D eigenvalue weighted by Gasteiger charge is -2.33. The Morgan fingerprint density at radius 1 is 1.42 bits per heavy atom. The number of hydrogen-bond donors (Lipinski definition) is 2. The molecule has 0 heterocycles. The fourth-order valence-corrected chi connectivity index (χ4v) is 2.47. The molecule has 0 aliphatic heterocycles. The van der Waals surface area contributed by atoms with E-state index >= 15 is 0 Å². The number of halogens is 2. The molecule has 1 aliphatic rings. The van der Waals surface area contributed by atoms with Gasteiger partial charge in [0.05, 0.1) is 0 Å². The first-order chi connectivity index (χ1) is 8.68. The van der Waals surface area contributed by atoms with Crippen LogP contribution in [0.3, 0.4) is 0 Å². The lowest BCUT2D eigenvalue weighted by molar-refractivity contribution is -0.304. The van der Waals surface area contributed by atoms with Gasteiger partial charge in [0.25, 0.3) is 0 Å². The third kappa shape index (κ3) is 4.49. The second-order valence-electron chi connectivity index (χ2n) is 5.92. The SMILES string of the molecule is CC[C@H](C)CC(F)(F)C(O)(O)CC[C@H]1CCC(=O)C1. The number of rotatable bonds is 7. The van der Waals surface area contributed by atoms with Gasteiger partial charge >= 0.3 is 5.92 Å². The molecule has 0 spiro atoms. The molecule has 0 unspecified atom stereocenters. The van der Waals surface area contributed by atoms with Crippen LogP contribution in [0, 0.1) is 11.8 Å². The third-order valence-corrected chi connectivity index (χ3v) is 4.14. The maximum atomic E-state index is 13.8. The van der Waals surface area contributed by atoms with Crippen LogP contribution in [0.15, 0.2) is 0 Å². The van der Waals surface area contributed by atoms with Crippen molar-refractivity contribution in [3.05, 3.63) is 0 Å². The van der Waals surface area contributed by atoms with Crippen LogP contribution in [0.5, 0.6) is 0 Å². The smallest absolute Gasteiger partial charge is 0.300 e. The minimum absolute atomic E-state index is 0.0190. The van der Waals surface area contributed by atoms with E-state index in [-0.39, 0.29) is 30.5 Å². The number of ketones is 1. The minimum atomic E-state index is -3.51. The molecule has 0 aromatic heterocycles. The summed E-state index contributed by atoms with van der Waals surface area (Å²) in [5, 5.41) is 19.3. The molecular formula is C14H24F2O3. The Balaban J connectivity index is 2.51. The molecule has 0 radical (unpaired) electrons. The van der Waals surface area contributed by atoms with E-state index in [9.17, 15) is 23.8 Å². The van der Waals surface area contributed by atoms with Crippen LogP contribution in [0.2, 0.25) is 0 Å². The largest absolute Gasteiger partial charge is 0.361 e. The summed E-state index contributed by atoms with van der Waals surface area (Å²) in [6.07, 6.45) is 1.46. The second kappa shape index (κ2) is 6.27. The Hall–Kier alpha value is -0.550. The average Bonchev–Trinajstić information content (AvgIpc) is 2.71. The van der Waals surface area contributed by atoms with Gasteiger partial charge in [0.1, 0.15) is 5.78 Å². The Kier molecular flexibility index (Phi) is 5.44. The van der Waals surface area contributed by atoms with E-state index in [1.807, 2.05) is 0 Å². The lowest BCUT2D eigenvalue weighted by Crippen LogP contribution is -2.49. The Labute approximate surface area is 113 Å². The molecule has 1 aliphatic carbocycles. The molecule has 5 heteroatoms. The lowest BCUT2D eigenvalue weighted by atomic mass is 9.90. The van der Waals surface area contributed by atoms with E-state index in [4.69, 9.17) is 0 Å². The topological polar surface area (TPSA) is 57.5 Å². The number of alkyl halides is 2. The summed E-state index contributed by atoms with van der Waals surface area (Å²) >= 11 is 0. The third-order valence-electron chi connectivity index (χ3n) is 4.14. The van der Waals surface area contributed by atoms with Crippen molar-refractivity contribution in [2.24, 2.45) is 11.8 Å². The van der Waals surface area contributed by atoms with Crippen molar-refractivity contribution in [1.82, 2.24) is 0 Å². The van der Waals surface area contributed by atoms with E-state index in [2.05, 4.69) is 0 Å². The molecule has 2 N–H and O–H groups in total.